The van der Waals surface area contributed by atoms with E-state index in [1.165, 1.54) is 49.6 Å². The number of hydrogen-bond acceptors (Lipinski definition) is 2. The summed E-state index contributed by atoms with van der Waals surface area (Å²) in [6.45, 7) is 0. The van der Waals surface area contributed by atoms with Gasteiger partial charge in [0, 0.05) is 50.6 Å². The zero-order valence-electron chi connectivity index (χ0n) is 34.7. The van der Waals surface area contributed by atoms with E-state index in [0.717, 1.165) is 45.4 Å². The van der Waals surface area contributed by atoms with Crippen molar-refractivity contribution in [1.29, 1.82) is 0 Å². The van der Waals surface area contributed by atoms with Crippen molar-refractivity contribution < 1.29 is 0 Å². The van der Waals surface area contributed by atoms with Gasteiger partial charge in [0.15, 0.2) is 0 Å². The van der Waals surface area contributed by atoms with Gasteiger partial charge in [0.25, 0.3) is 0 Å². The number of benzene rings is 10. The van der Waals surface area contributed by atoms with Crippen LogP contribution in [0.1, 0.15) is 0 Å². The van der Waals surface area contributed by atoms with Crippen molar-refractivity contribution in [2.45, 2.75) is 0 Å². The molecule has 63 heavy (non-hydrogen) atoms. The van der Waals surface area contributed by atoms with Crippen LogP contribution in [0.3, 0.4) is 0 Å². The van der Waals surface area contributed by atoms with E-state index in [2.05, 4.69) is 275 Å². The fourth-order valence-corrected chi connectivity index (χ4v) is 8.94. The quantitative estimate of drug-likeness (QED) is 0.136. The Morgan fingerprint density at radius 3 is 1.17 bits per heavy atom. The van der Waals surface area contributed by atoms with Crippen LogP contribution < -0.4 is 9.80 Å². The minimum Gasteiger partial charge on any atom is -0.310 e. The number of nitrogens with zero attached hydrogens (tertiary/aromatic N) is 3. The molecular weight excluding hydrogens is 763 g/mol. The summed E-state index contributed by atoms with van der Waals surface area (Å²) >= 11 is 0. The highest BCUT2D eigenvalue weighted by molar-refractivity contribution is 6.10. The van der Waals surface area contributed by atoms with Crippen LogP contribution in [0.15, 0.2) is 261 Å². The van der Waals surface area contributed by atoms with Gasteiger partial charge in [0.1, 0.15) is 0 Å². The first-order chi connectivity index (χ1) is 31.2. The molecule has 0 spiro atoms. The van der Waals surface area contributed by atoms with Crippen LogP contribution in [0.25, 0.3) is 60.9 Å². The molecule has 1 aromatic heterocycles. The summed E-state index contributed by atoms with van der Waals surface area (Å²) in [6, 6.07) is 93.7. The van der Waals surface area contributed by atoms with E-state index in [4.69, 9.17) is 0 Å². The second-order valence-corrected chi connectivity index (χ2v) is 15.8. The van der Waals surface area contributed by atoms with E-state index < -0.39 is 0 Å². The SMILES string of the molecule is c1ccc(-c2ccc(N(c3ccc(N(c4ccccc4)c4cccc(-c5ccc6c7ccccc7n(-c7ccccc7)c6c5)c4)cc3)c3cccc(-c4ccccc4)c3)cc2)cc1. The predicted octanol–water partition coefficient (Wildman–Crippen LogP) is 16.7. The van der Waals surface area contributed by atoms with Gasteiger partial charge in [-0.25, -0.2) is 0 Å². The van der Waals surface area contributed by atoms with E-state index in [0.29, 0.717) is 0 Å². The molecule has 3 nitrogen and oxygen atoms in total. The Kier molecular flexibility index (Phi) is 9.89. The molecule has 11 aromatic rings. The van der Waals surface area contributed by atoms with Crippen molar-refractivity contribution in [2.24, 2.45) is 0 Å². The standard InChI is InChI=1S/C60H43N3/c1-5-17-44(18-6-1)46-31-34-52(35-32-46)62(55-27-15-21-47(41-55)45-19-7-2-8-20-45)54-38-36-53(37-39-54)61(50-23-9-3-10-24-50)56-28-16-22-48(42-56)49-33-40-58-57-29-13-14-30-59(57)63(60(58)43-49)51-25-11-4-12-26-51/h1-43H. The van der Waals surface area contributed by atoms with Gasteiger partial charge in [0.05, 0.1) is 11.0 Å². The van der Waals surface area contributed by atoms with Crippen LogP contribution in [-0.4, -0.2) is 4.57 Å². The molecule has 0 radical (unpaired) electrons. The van der Waals surface area contributed by atoms with Crippen molar-refractivity contribution >= 4 is 55.9 Å². The van der Waals surface area contributed by atoms with E-state index in [1.807, 2.05) is 0 Å². The molecule has 0 N–H and O–H groups in total. The highest BCUT2D eigenvalue weighted by Gasteiger charge is 2.18. The third-order valence-corrected chi connectivity index (χ3v) is 12.0. The summed E-state index contributed by atoms with van der Waals surface area (Å²) in [5.74, 6) is 0. The molecule has 0 aliphatic rings. The number of aromatic nitrogens is 1. The monoisotopic (exact) mass is 805 g/mol. The topological polar surface area (TPSA) is 11.4 Å². The molecule has 0 amide bonds. The maximum Gasteiger partial charge on any atom is 0.0547 e. The predicted molar refractivity (Wildman–Crippen MR) is 266 cm³/mol. The molecule has 0 fully saturated rings. The lowest BCUT2D eigenvalue weighted by atomic mass is 10.0. The van der Waals surface area contributed by atoms with Crippen molar-refractivity contribution in [3.63, 3.8) is 0 Å². The number of para-hydroxylation sites is 3. The van der Waals surface area contributed by atoms with Crippen molar-refractivity contribution in [3.05, 3.63) is 261 Å². The first kappa shape index (κ1) is 37.6. The molecule has 0 aliphatic heterocycles. The third kappa shape index (κ3) is 7.32. The molecule has 10 aromatic carbocycles. The smallest absolute Gasteiger partial charge is 0.0547 e. The van der Waals surface area contributed by atoms with Gasteiger partial charge in [-0.3, -0.25) is 0 Å². The lowest BCUT2D eigenvalue weighted by Gasteiger charge is -2.29. The highest BCUT2D eigenvalue weighted by Crippen LogP contribution is 2.42. The van der Waals surface area contributed by atoms with Gasteiger partial charge < -0.3 is 14.4 Å². The van der Waals surface area contributed by atoms with Crippen LogP contribution in [0.4, 0.5) is 34.1 Å². The second-order valence-electron chi connectivity index (χ2n) is 15.8. The van der Waals surface area contributed by atoms with Crippen LogP contribution in [0.5, 0.6) is 0 Å². The number of hydrogen-bond donors (Lipinski definition) is 0. The zero-order valence-corrected chi connectivity index (χ0v) is 34.7. The van der Waals surface area contributed by atoms with Crippen molar-refractivity contribution in [1.82, 2.24) is 4.57 Å². The average Bonchev–Trinajstić information content (AvgIpc) is 3.70. The molecule has 11 rings (SSSR count). The lowest BCUT2D eigenvalue weighted by Crippen LogP contribution is -2.12. The first-order valence-corrected chi connectivity index (χ1v) is 21.5. The van der Waals surface area contributed by atoms with Gasteiger partial charge in [0.2, 0.25) is 0 Å². The van der Waals surface area contributed by atoms with Crippen molar-refractivity contribution in [3.8, 4) is 39.1 Å². The summed E-state index contributed by atoms with van der Waals surface area (Å²) in [4.78, 5) is 4.70. The fraction of sp³-hybridized carbons (Fsp3) is 0. The number of anilines is 6. The van der Waals surface area contributed by atoms with Gasteiger partial charge >= 0.3 is 0 Å². The Labute approximate surface area is 368 Å². The summed E-state index contributed by atoms with van der Waals surface area (Å²) in [6.07, 6.45) is 0. The Hall–Kier alpha value is -8.40. The molecule has 0 aliphatic carbocycles. The molecule has 0 bridgehead atoms. The van der Waals surface area contributed by atoms with Crippen LogP contribution in [0, 0.1) is 0 Å². The summed E-state index contributed by atoms with van der Waals surface area (Å²) < 4.78 is 2.38. The van der Waals surface area contributed by atoms with Crippen LogP contribution in [0.2, 0.25) is 0 Å². The Balaban J connectivity index is 0.991. The molecule has 1 heterocycles. The maximum atomic E-state index is 2.38. The van der Waals surface area contributed by atoms with E-state index >= 15 is 0 Å². The minimum absolute atomic E-state index is 1.07. The molecule has 0 saturated heterocycles. The highest BCUT2D eigenvalue weighted by atomic mass is 15.2. The van der Waals surface area contributed by atoms with E-state index in [9.17, 15) is 0 Å². The largest absolute Gasteiger partial charge is 0.310 e. The van der Waals surface area contributed by atoms with Crippen LogP contribution >= 0.6 is 0 Å². The maximum absolute atomic E-state index is 2.38. The summed E-state index contributed by atoms with van der Waals surface area (Å²) in [5, 5.41) is 2.50. The van der Waals surface area contributed by atoms with Gasteiger partial charge in [-0.05, 0) is 130 Å². The average molecular weight is 806 g/mol. The first-order valence-electron chi connectivity index (χ1n) is 21.5. The zero-order chi connectivity index (χ0) is 42.0. The Morgan fingerprint density at radius 2 is 0.587 bits per heavy atom. The summed E-state index contributed by atoms with van der Waals surface area (Å²) in [7, 11) is 0. The summed E-state index contributed by atoms with van der Waals surface area (Å²) in [5.41, 5.74) is 17.1. The molecule has 0 atom stereocenters. The molecule has 0 saturated carbocycles. The van der Waals surface area contributed by atoms with Gasteiger partial charge in [-0.15, -0.1) is 0 Å². The second kappa shape index (κ2) is 16.6. The minimum atomic E-state index is 1.07. The molecule has 3 heteroatoms. The van der Waals surface area contributed by atoms with Gasteiger partial charge in [-0.2, -0.15) is 0 Å². The lowest BCUT2D eigenvalue weighted by molar-refractivity contribution is 1.18. The van der Waals surface area contributed by atoms with Crippen molar-refractivity contribution in [2.75, 3.05) is 9.80 Å². The fourth-order valence-electron chi connectivity index (χ4n) is 8.94. The molecule has 298 valence electrons. The third-order valence-electron chi connectivity index (χ3n) is 12.0. The Morgan fingerprint density at radius 1 is 0.222 bits per heavy atom. The van der Waals surface area contributed by atoms with Crippen LogP contribution in [-0.2, 0) is 0 Å². The van der Waals surface area contributed by atoms with E-state index in [1.54, 1.807) is 0 Å². The Bertz CT molecular complexity index is 3300. The number of rotatable bonds is 10. The van der Waals surface area contributed by atoms with Gasteiger partial charge in [-0.1, -0.05) is 164 Å². The molecular formula is C60H43N3. The molecule has 0 unspecified atom stereocenters. The van der Waals surface area contributed by atoms with E-state index in [-0.39, 0.29) is 0 Å². The number of fused-ring (bicyclic) bond motifs is 3. The normalized spacial score (nSPS) is 11.2.